The molecule has 2 N–H and O–H groups in total. The fraction of sp³-hybridized carbons (Fsp3) is 0.462. The SMILES string of the molecule is NC(=S)c1ccccc1OCCN1CCOCC1. The van der Waals surface area contributed by atoms with E-state index in [-0.39, 0.29) is 0 Å². The van der Waals surface area contributed by atoms with Gasteiger partial charge in [-0.15, -0.1) is 0 Å². The summed E-state index contributed by atoms with van der Waals surface area (Å²) in [7, 11) is 0. The number of hydrogen-bond acceptors (Lipinski definition) is 4. The van der Waals surface area contributed by atoms with E-state index in [4.69, 9.17) is 27.4 Å². The Kier molecular flexibility index (Phi) is 4.92. The second-order valence-electron chi connectivity index (χ2n) is 4.16. The molecule has 1 heterocycles. The summed E-state index contributed by atoms with van der Waals surface area (Å²) in [5.41, 5.74) is 6.45. The second kappa shape index (κ2) is 6.68. The van der Waals surface area contributed by atoms with Crippen LogP contribution in [-0.2, 0) is 4.74 Å². The molecule has 5 heteroatoms. The van der Waals surface area contributed by atoms with Gasteiger partial charge in [0.05, 0.1) is 18.8 Å². The van der Waals surface area contributed by atoms with Crippen LogP contribution in [0, 0.1) is 0 Å². The zero-order valence-electron chi connectivity index (χ0n) is 10.3. The average molecular weight is 266 g/mol. The quantitative estimate of drug-likeness (QED) is 0.807. The number of thiocarbonyl (C=S) groups is 1. The van der Waals surface area contributed by atoms with Crippen molar-refractivity contribution in [2.45, 2.75) is 0 Å². The molecule has 1 aromatic rings. The molecule has 0 aromatic heterocycles. The van der Waals surface area contributed by atoms with Crippen LogP contribution in [0.4, 0.5) is 0 Å². The third-order valence-corrected chi connectivity index (χ3v) is 3.14. The van der Waals surface area contributed by atoms with Crippen LogP contribution in [0.15, 0.2) is 24.3 Å². The highest BCUT2D eigenvalue weighted by Crippen LogP contribution is 2.17. The molecule has 1 aromatic carbocycles. The number of benzene rings is 1. The molecule has 0 unspecified atom stereocenters. The highest BCUT2D eigenvalue weighted by Gasteiger charge is 2.10. The minimum atomic E-state index is 0.372. The lowest BCUT2D eigenvalue weighted by Crippen LogP contribution is -2.38. The molecule has 1 aliphatic heterocycles. The summed E-state index contributed by atoms with van der Waals surface area (Å²) >= 11 is 5.00. The first kappa shape index (κ1) is 13.3. The summed E-state index contributed by atoms with van der Waals surface area (Å²) in [6.45, 7) is 5.10. The molecule has 0 spiro atoms. The van der Waals surface area contributed by atoms with Crippen LogP contribution in [0.3, 0.4) is 0 Å². The van der Waals surface area contributed by atoms with Gasteiger partial charge < -0.3 is 15.2 Å². The Hall–Kier alpha value is -1.17. The Labute approximate surface area is 113 Å². The first-order valence-electron chi connectivity index (χ1n) is 6.09. The molecule has 2 rings (SSSR count). The largest absolute Gasteiger partial charge is 0.492 e. The van der Waals surface area contributed by atoms with Crippen molar-refractivity contribution in [3.8, 4) is 5.75 Å². The maximum absolute atomic E-state index is 5.75. The van der Waals surface area contributed by atoms with Gasteiger partial charge in [-0.25, -0.2) is 0 Å². The molecule has 0 atom stereocenters. The van der Waals surface area contributed by atoms with Crippen molar-refractivity contribution in [3.05, 3.63) is 29.8 Å². The van der Waals surface area contributed by atoms with Gasteiger partial charge in [-0.2, -0.15) is 0 Å². The van der Waals surface area contributed by atoms with E-state index in [0.717, 1.165) is 44.2 Å². The van der Waals surface area contributed by atoms with Gasteiger partial charge in [0.15, 0.2) is 0 Å². The predicted octanol–water partition coefficient (Wildman–Crippen LogP) is 1.03. The molecule has 98 valence electrons. The fourth-order valence-corrected chi connectivity index (χ4v) is 2.07. The highest BCUT2D eigenvalue weighted by molar-refractivity contribution is 7.80. The van der Waals surface area contributed by atoms with E-state index in [1.54, 1.807) is 0 Å². The molecule has 1 saturated heterocycles. The first-order chi connectivity index (χ1) is 8.77. The van der Waals surface area contributed by atoms with E-state index in [9.17, 15) is 0 Å². The molecule has 0 bridgehead atoms. The molecule has 0 aliphatic carbocycles. The molecule has 18 heavy (non-hydrogen) atoms. The van der Waals surface area contributed by atoms with Gasteiger partial charge >= 0.3 is 0 Å². The Morgan fingerprint density at radius 1 is 1.33 bits per heavy atom. The van der Waals surface area contributed by atoms with Gasteiger partial charge in [0.1, 0.15) is 17.3 Å². The maximum atomic E-state index is 5.75. The van der Waals surface area contributed by atoms with Gasteiger partial charge in [-0.05, 0) is 12.1 Å². The molecule has 4 nitrogen and oxygen atoms in total. The highest BCUT2D eigenvalue weighted by atomic mass is 32.1. The molecule has 0 amide bonds. The van der Waals surface area contributed by atoms with Crippen LogP contribution in [-0.4, -0.2) is 49.3 Å². The van der Waals surface area contributed by atoms with E-state index >= 15 is 0 Å². The third-order valence-electron chi connectivity index (χ3n) is 2.92. The number of para-hydroxylation sites is 1. The van der Waals surface area contributed by atoms with Crippen molar-refractivity contribution in [1.29, 1.82) is 0 Å². The third kappa shape index (κ3) is 3.66. The Morgan fingerprint density at radius 3 is 2.78 bits per heavy atom. The number of hydrogen-bond donors (Lipinski definition) is 1. The van der Waals surface area contributed by atoms with Crippen molar-refractivity contribution in [3.63, 3.8) is 0 Å². The van der Waals surface area contributed by atoms with E-state index in [0.29, 0.717) is 11.6 Å². The summed E-state index contributed by atoms with van der Waals surface area (Å²) in [5.74, 6) is 0.762. The van der Waals surface area contributed by atoms with Gasteiger partial charge in [-0.1, -0.05) is 24.4 Å². The summed E-state index contributed by atoms with van der Waals surface area (Å²) in [6.07, 6.45) is 0. The topological polar surface area (TPSA) is 47.7 Å². The van der Waals surface area contributed by atoms with Gasteiger partial charge in [0.25, 0.3) is 0 Å². The summed E-state index contributed by atoms with van der Waals surface area (Å²) in [4.78, 5) is 2.70. The number of nitrogens with zero attached hydrogens (tertiary/aromatic N) is 1. The lowest BCUT2D eigenvalue weighted by atomic mass is 10.2. The number of nitrogens with two attached hydrogens (primary N) is 1. The minimum absolute atomic E-state index is 0.372. The van der Waals surface area contributed by atoms with Crippen LogP contribution >= 0.6 is 12.2 Å². The van der Waals surface area contributed by atoms with Crippen molar-refractivity contribution in [2.24, 2.45) is 5.73 Å². The summed E-state index contributed by atoms with van der Waals surface area (Å²) < 4.78 is 11.0. The van der Waals surface area contributed by atoms with E-state index in [2.05, 4.69) is 4.90 Å². The molecule has 0 saturated carbocycles. The molecular formula is C13H18N2O2S. The number of rotatable bonds is 5. The van der Waals surface area contributed by atoms with Gasteiger partial charge in [-0.3, -0.25) is 4.90 Å². The summed E-state index contributed by atoms with van der Waals surface area (Å²) in [6, 6.07) is 7.61. The van der Waals surface area contributed by atoms with Crippen LogP contribution in [0.2, 0.25) is 0 Å². The van der Waals surface area contributed by atoms with Gasteiger partial charge in [0, 0.05) is 19.6 Å². The van der Waals surface area contributed by atoms with Crippen molar-refractivity contribution in [1.82, 2.24) is 4.90 Å². The lowest BCUT2D eigenvalue weighted by Gasteiger charge is -2.26. The van der Waals surface area contributed by atoms with E-state index in [1.165, 1.54) is 0 Å². The second-order valence-corrected chi connectivity index (χ2v) is 4.60. The van der Waals surface area contributed by atoms with Crippen molar-refractivity contribution >= 4 is 17.2 Å². The number of morpholine rings is 1. The Bertz CT molecular complexity index is 406. The normalized spacial score (nSPS) is 16.4. The van der Waals surface area contributed by atoms with Crippen molar-refractivity contribution < 1.29 is 9.47 Å². The molecule has 1 aliphatic rings. The molecule has 1 fully saturated rings. The van der Waals surface area contributed by atoms with Crippen molar-refractivity contribution in [2.75, 3.05) is 39.5 Å². The van der Waals surface area contributed by atoms with E-state index < -0.39 is 0 Å². The predicted molar refractivity (Wildman–Crippen MR) is 75.1 cm³/mol. The average Bonchev–Trinajstić information content (AvgIpc) is 2.40. The van der Waals surface area contributed by atoms with Gasteiger partial charge in [0.2, 0.25) is 0 Å². The van der Waals surface area contributed by atoms with Crippen LogP contribution in [0.25, 0.3) is 0 Å². The fourth-order valence-electron chi connectivity index (χ4n) is 1.91. The zero-order chi connectivity index (χ0) is 12.8. The Balaban J connectivity index is 1.84. The van der Waals surface area contributed by atoms with Crippen LogP contribution in [0.5, 0.6) is 5.75 Å². The van der Waals surface area contributed by atoms with Crippen LogP contribution < -0.4 is 10.5 Å². The summed E-state index contributed by atoms with van der Waals surface area (Å²) in [5, 5.41) is 0. The smallest absolute Gasteiger partial charge is 0.129 e. The number of ether oxygens (including phenoxy) is 2. The molecule has 0 radical (unpaired) electrons. The Morgan fingerprint density at radius 2 is 2.06 bits per heavy atom. The zero-order valence-corrected chi connectivity index (χ0v) is 11.1. The van der Waals surface area contributed by atoms with E-state index in [1.807, 2.05) is 24.3 Å². The maximum Gasteiger partial charge on any atom is 0.129 e. The molecular weight excluding hydrogens is 248 g/mol. The first-order valence-corrected chi connectivity index (χ1v) is 6.50. The standard InChI is InChI=1S/C13H18N2O2S/c14-13(18)11-3-1-2-4-12(11)17-10-7-15-5-8-16-9-6-15/h1-4H,5-10H2,(H2,14,18). The minimum Gasteiger partial charge on any atom is -0.492 e. The monoisotopic (exact) mass is 266 g/mol. The van der Waals surface area contributed by atoms with Crippen LogP contribution in [0.1, 0.15) is 5.56 Å². The lowest BCUT2D eigenvalue weighted by molar-refractivity contribution is 0.0322.